The van der Waals surface area contributed by atoms with Crippen molar-refractivity contribution in [2.75, 3.05) is 20.1 Å². The van der Waals surface area contributed by atoms with Gasteiger partial charge < -0.3 is 10.0 Å². The quantitative estimate of drug-likeness (QED) is 0.331. The number of rotatable bonds is 8. The third-order valence-corrected chi connectivity index (χ3v) is 5.90. The van der Waals surface area contributed by atoms with Gasteiger partial charge in [0.1, 0.15) is 0 Å². The number of hydrogen-bond acceptors (Lipinski definition) is 3. The summed E-state index contributed by atoms with van der Waals surface area (Å²) in [5, 5.41) is 9.89. The first kappa shape index (κ1) is 24.6. The van der Waals surface area contributed by atoms with Crippen molar-refractivity contribution in [1.29, 1.82) is 0 Å². The van der Waals surface area contributed by atoms with E-state index < -0.39 is 5.97 Å². The number of carbonyl (C=O) groups is 2. The van der Waals surface area contributed by atoms with E-state index in [4.69, 9.17) is 11.6 Å². The molecule has 1 aromatic carbocycles. The summed E-state index contributed by atoms with van der Waals surface area (Å²) in [6, 6.07) is 4.22. The molecule has 1 aliphatic heterocycles. The molecule has 1 amide bonds. The molecule has 1 aliphatic rings. The number of amides is 1. The Labute approximate surface area is 189 Å². The summed E-state index contributed by atoms with van der Waals surface area (Å²) in [6.45, 7) is 7.42. The van der Waals surface area contributed by atoms with Crippen LogP contribution in [0.15, 0.2) is 46.5 Å². The Kier molecular flexibility index (Phi) is 9.25. The number of carboxylic acids is 1. The fraction of sp³-hybridized carbons (Fsp3) is 0.400. The maximum Gasteiger partial charge on any atom is 0.307 e. The van der Waals surface area contributed by atoms with Crippen molar-refractivity contribution >= 4 is 35.8 Å². The van der Waals surface area contributed by atoms with Crippen LogP contribution in [0.2, 0.25) is 5.02 Å². The maximum atomic E-state index is 11.2. The van der Waals surface area contributed by atoms with E-state index in [1.807, 2.05) is 50.0 Å². The van der Waals surface area contributed by atoms with Crippen LogP contribution in [0.3, 0.4) is 0 Å². The molecular formula is C25H31ClN2O3. The zero-order chi connectivity index (χ0) is 23.0. The van der Waals surface area contributed by atoms with Gasteiger partial charge in [-0.05, 0) is 73.4 Å². The molecule has 6 heteroatoms. The number of halogens is 1. The van der Waals surface area contributed by atoms with Crippen LogP contribution in [0, 0.1) is 6.92 Å². The molecule has 1 saturated heterocycles. The molecule has 1 heterocycles. The lowest BCUT2D eigenvalue weighted by Crippen LogP contribution is -2.31. The lowest BCUT2D eigenvalue weighted by molar-refractivity contribution is -0.136. The minimum Gasteiger partial charge on any atom is -0.481 e. The fourth-order valence-corrected chi connectivity index (χ4v) is 4.41. The van der Waals surface area contributed by atoms with Crippen LogP contribution in [0.4, 0.5) is 0 Å². The molecule has 0 aliphatic carbocycles. The third kappa shape index (κ3) is 6.66. The van der Waals surface area contributed by atoms with E-state index in [0.717, 1.165) is 54.6 Å². The smallest absolute Gasteiger partial charge is 0.307 e. The number of carbonyl (C=O) groups excluding carboxylic acids is 1. The Bertz CT molecular complexity index is 913. The molecule has 0 bridgehead atoms. The van der Waals surface area contributed by atoms with Crippen LogP contribution < -0.4 is 0 Å². The Balaban J connectivity index is 2.46. The maximum absolute atomic E-state index is 11.2. The highest BCUT2D eigenvalue weighted by atomic mass is 35.5. The monoisotopic (exact) mass is 442 g/mol. The van der Waals surface area contributed by atoms with Crippen LogP contribution >= 0.6 is 11.6 Å². The van der Waals surface area contributed by atoms with Crippen molar-refractivity contribution in [2.45, 2.75) is 46.0 Å². The molecule has 0 aromatic heterocycles. The molecule has 0 atom stereocenters. The molecule has 1 aromatic rings. The molecular weight excluding hydrogens is 412 g/mol. The molecule has 5 nitrogen and oxygen atoms in total. The molecule has 1 fully saturated rings. The summed E-state index contributed by atoms with van der Waals surface area (Å²) >= 11 is 6.77. The summed E-state index contributed by atoms with van der Waals surface area (Å²) in [7, 11) is 1.63. The van der Waals surface area contributed by atoms with Crippen LogP contribution in [0.5, 0.6) is 0 Å². The largest absolute Gasteiger partial charge is 0.481 e. The second kappa shape index (κ2) is 11.7. The van der Waals surface area contributed by atoms with Gasteiger partial charge in [0.05, 0.1) is 6.42 Å². The molecule has 0 spiro atoms. The number of aliphatic carboxylic acids is 1. The molecule has 31 heavy (non-hydrogen) atoms. The van der Waals surface area contributed by atoms with E-state index in [1.54, 1.807) is 13.3 Å². The lowest BCUT2D eigenvalue weighted by atomic mass is 9.86. The van der Waals surface area contributed by atoms with Gasteiger partial charge in [-0.3, -0.25) is 14.6 Å². The SMILES string of the molecule is C\C=C/C(=C\C(C)=C(\C=NC)CC(=O)O)c1c(C)cc(C2CCN(C=O)CC2)cc1Cl. The normalized spacial score (nSPS) is 16.8. The number of carboxylic acid groups (broad SMARTS) is 1. The molecule has 1 N–H and O–H groups in total. The van der Waals surface area contributed by atoms with Gasteiger partial charge in [0.25, 0.3) is 0 Å². The summed E-state index contributed by atoms with van der Waals surface area (Å²) < 4.78 is 0. The molecule has 0 radical (unpaired) electrons. The minimum absolute atomic E-state index is 0.0894. The Morgan fingerprint density at radius 1 is 1.32 bits per heavy atom. The average molecular weight is 443 g/mol. The van der Waals surface area contributed by atoms with E-state index in [1.165, 1.54) is 5.56 Å². The van der Waals surface area contributed by atoms with Gasteiger partial charge in [-0.2, -0.15) is 0 Å². The highest BCUT2D eigenvalue weighted by molar-refractivity contribution is 6.32. The van der Waals surface area contributed by atoms with E-state index in [9.17, 15) is 14.7 Å². The highest BCUT2D eigenvalue weighted by Crippen LogP contribution is 2.36. The van der Waals surface area contributed by atoms with E-state index in [2.05, 4.69) is 11.1 Å². The van der Waals surface area contributed by atoms with Crippen molar-refractivity contribution in [3.05, 3.63) is 63.2 Å². The molecule has 0 unspecified atom stereocenters. The topological polar surface area (TPSA) is 70.0 Å². The van der Waals surface area contributed by atoms with Crippen LogP contribution in [0.25, 0.3) is 5.57 Å². The third-order valence-electron chi connectivity index (χ3n) is 5.60. The van der Waals surface area contributed by atoms with Crippen molar-refractivity contribution < 1.29 is 14.7 Å². The van der Waals surface area contributed by atoms with Crippen molar-refractivity contribution in [3.63, 3.8) is 0 Å². The van der Waals surface area contributed by atoms with Gasteiger partial charge in [0.15, 0.2) is 0 Å². The summed E-state index contributed by atoms with van der Waals surface area (Å²) in [4.78, 5) is 28.0. The molecule has 2 rings (SSSR count). The zero-order valence-electron chi connectivity index (χ0n) is 18.7. The number of allylic oxidation sites excluding steroid dienone is 5. The van der Waals surface area contributed by atoms with Gasteiger partial charge in [-0.1, -0.05) is 35.9 Å². The first-order chi connectivity index (χ1) is 14.8. The second-order valence-electron chi connectivity index (χ2n) is 7.88. The van der Waals surface area contributed by atoms with Gasteiger partial charge in [-0.25, -0.2) is 0 Å². The van der Waals surface area contributed by atoms with Gasteiger partial charge >= 0.3 is 5.97 Å². The summed E-state index contributed by atoms with van der Waals surface area (Å²) in [6.07, 6.45) is 10.2. The predicted molar refractivity (Wildman–Crippen MR) is 128 cm³/mol. The standard InChI is InChI=1S/C25H31ClN2O3/c1-5-6-20(11-17(2)22(15-27-4)14-24(30)31)25-18(3)12-21(13-23(25)26)19-7-9-28(16-29)10-8-19/h5-6,11-13,15-16,19H,7-10,14H2,1-4H3,(H,30,31)/b6-5-,20-11+,22-17+,27-15?. The van der Waals surface area contributed by atoms with Crippen LogP contribution in [-0.4, -0.2) is 48.7 Å². The molecule has 166 valence electrons. The number of aryl methyl sites for hydroxylation is 1. The van der Waals surface area contributed by atoms with E-state index in [-0.39, 0.29) is 6.42 Å². The number of benzene rings is 1. The summed E-state index contributed by atoms with van der Waals surface area (Å²) in [5.74, 6) is -0.505. The summed E-state index contributed by atoms with van der Waals surface area (Å²) in [5.41, 5.74) is 5.63. The second-order valence-corrected chi connectivity index (χ2v) is 8.28. The van der Waals surface area contributed by atoms with Crippen LogP contribution in [-0.2, 0) is 9.59 Å². The number of piperidine rings is 1. The van der Waals surface area contributed by atoms with E-state index >= 15 is 0 Å². The number of likely N-dealkylation sites (tertiary alicyclic amines) is 1. The highest BCUT2D eigenvalue weighted by Gasteiger charge is 2.21. The van der Waals surface area contributed by atoms with Crippen LogP contribution in [0.1, 0.15) is 55.7 Å². The van der Waals surface area contributed by atoms with Gasteiger partial charge in [0, 0.05) is 36.9 Å². The Morgan fingerprint density at radius 2 is 2.00 bits per heavy atom. The number of nitrogens with zero attached hydrogens (tertiary/aromatic N) is 2. The Morgan fingerprint density at radius 3 is 2.52 bits per heavy atom. The van der Waals surface area contributed by atoms with Crippen molar-refractivity contribution in [3.8, 4) is 0 Å². The zero-order valence-corrected chi connectivity index (χ0v) is 19.4. The van der Waals surface area contributed by atoms with Gasteiger partial charge in [-0.15, -0.1) is 0 Å². The van der Waals surface area contributed by atoms with Crippen molar-refractivity contribution in [1.82, 2.24) is 4.90 Å². The first-order valence-electron chi connectivity index (χ1n) is 10.5. The fourth-order valence-electron chi connectivity index (χ4n) is 4.02. The van der Waals surface area contributed by atoms with E-state index in [0.29, 0.717) is 16.5 Å². The lowest BCUT2D eigenvalue weighted by Gasteiger charge is -2.30. The van der Waals surface area contributed by atoms with Gasteiger partial charge in [0.2, 0.25) is 6.41 Å². The minimum atomic E-state index is -0.894. The number of hydrogen-bond donors (Lipinski definition) is 1. The average Bonchev–Trinajstić information content (AvgIpc) is 2.72. The predicted octanol–water partition coefficient (Wildman–Crippen LogP) is 5.44. The number of aliphatic imine (C=N–C) groups is 1. The molecule has 0 saturated carbocycles. The first-order valence-corrected chi connectivity index (χ1v) is 10.9. The van der Waals surface area contributed by atoms with Crippen molar-refractivity contribution in [2.24, 2.45) is 4.99 Å². The Hall–Kier alpha value is -2.66.